The van der Waals surface area contributed by atoms with E-state index in [1.54, 1.807) is 19.9 Å². The van der Waals surface area contributed by atoms with Gasteiger partial charge in [-0.1, -0.05) is 13.0 Å². The van der Waals surface area contributed by atoms with Gasteiger partial charge in [0.15, 0.2) is 0 Å². The first kappa shape index (κ1) is 24.7. The van der Waals surface area contributed by atoms with Crippen LogP contribution in [0.15, 0.2) is 34.9 Å². The molecule has 0 bridgehead atoms. The second-order valence-corrected chi connectivity index (χ2v) is 10.3. The number of nitrogens with two attached hydrogens (primary N) is 1. The number of carbonyl (C=O) groups excluding carboxylic acids is 2. The molecule has 0 aliphatic carbocycles. The fraction of sp³-hybridized carbons (Fsp3) is 0.333. The molecular formula is C24H26FN3O6S. The Kier molecular flexibility index (Phi) is 6.32. The lowest BCUT2D eigenvalue weighted by Crippen LogP contribution is -2.41. The second-order valence-electron chi connectivity index (χ2n) is 8.62. The highest BCUT2D eigenvalue weighted by atomic mass is 32.2. The summed E-state index contributed by atoms with van der Waals surface area (Å²) in [7, 11) is -3.02. The average Bonchev–Trinajstić information content (AvgIpc) is 3.04. The van der Waals surface area contributed by atoms with Crippen molar-refractivity contribution in [2.45, 2.75) is 44.0 Å². The van der Waals surface area contributed by atoms with Crippen LogP contribution in [0.25, 0.3) is 5.57 Å². The maximum absolute atomic E-state index is 15.0. The summed E-state index contributed by atoms with van der Waals surface area (Å²) in [6, 6.07) is 4.43. The van der Waals surface area contributed by atoms with Gasteiger partial charge < -0.3 is 20.5 Å². The largest absolute Gasteiger partial charge is 0.495 e. The van der Waals surface area contributed by atoms with E-state index < -0.39 is 39.8 Å². The zero-order valence-electron chi connectivity index (χ0n) is 19.7. The Bertz CT molecular complexity index is 1390. The number of amides is 2. The monoisotopic (exact) mass is 503 g/mol. The number of benzene rings is 2. The van der Waals surface area contributed by atoms with Gasteiger partial charge in [0.25, 0.3) is 0 Å². The number of ether oxygens (including phenoxy) is 2. The Morgan fingerprint density at radius 3 is 2.66 bits per heavy atom. The number of hydrogen-bond acceptors (Lipinski definition) is 6. The van der Waals surface area contributed by atoms with Crippen molar-refractivity contribution in [3.05, 3.63) is 63.7 Å². The van der Waals surface area contributed by atoms with E-state index in [9.17, 15) is 18.0 Å². The maximum Gasteiger partial charge on any atom is 0.412 e. The van der Waals surface area contributed by atoms with Crippen molar-refractivity contribution in [3.8, 4) is 5.75 Å². The quantitative estimate of drug-likeness (QED) is 0.587. The van der Waals surface area contributed by atoms with Crippen LogP contribution in [-0.2, 0) is 14.8 Å². The van der Waals surface area contributed by atoms with Crippen LogP contribution in [0.2, 0.25) is 0 Å². The molecule has 0 saturated carbocycles. The number of nitrogens with one attached hydrogen (secondary N) is 2. The zero-order valence-corrected chi connectivity index (χ0v) is 20.5. The molecule has 2 heterocycles. The number of methoxy groups -OCH3 is 1. The van der Waals surface area contributed by atoms with Crippen molar-refractivity contribution < 1.29 is 31.9 Å². The highest BCUT2D eigenvalue weighted by Crippen LogP contribution is 2.43. The predicted octanol–water partition coefficient (Wildman–Crippen LogP) is 2.86. The Morgan fingerprint density at radius 1 is 1.29 bits per heavy atom. The van der Waals surface area contributed by atoms with Gasteiger partial charge >= 0.3 is 6.09 Å². The van der Waals surface area contributed by atoms with Gasteiger partial charge in [0.05, 0.1) is 13.2 Å². The molecule has 2 aromatic carbocycles. The van der Waals surface area contributed by atoms with Gasteiger partial charge in [0.2, 0.25) is 15.9 Å². The minimum atomic E-state index is -4.29. The van der Waals surface area contributed by atoms with Gasteiger partial charge in [-0.05, 0) is 55.2 Å². The average molecular weight is 504 g/mol. The molecule has 0 unspecified atom stereocenters. The number of primary amides is 1. The molecule has 0 fully saturated rings. The molecule has 11 heteroatoms. The van der Waals surface area contributed by atoms with Crippen molar-refractivity contribution >= 4 is 27.6 Å². The Labute approximate surface area is 202 Å². The Hall–Kier alpha value is -3.44. The molecule has 2 aliphatic rings. The molecule has 2 aliphatic heterocycles. The summed E-state index contributed by atoms with van der Waals surface area (Å²) in [5.41, 5.74) is 7.80. The number of rotatable bonds is 4. The van der Waals surface area contributed by atoms with E-state index in [4.69, 9.17) is 15.2 Å². The van der Waals surface area contributed by atoms with E-state index >= 15 is 4.39 Å². The number of aryl methyl sites for hydroxylation is 1. The van der Waals surface area contributed by atoms with Crippen LogP contribution in [0.5, 0.6) is 5.75 Å². The molecule has 186 valence electrons. The third kappa shape index (κ3) is 4.25. The SMILES string of the molecule is COc1cc(C(N)=O)cc2c1S(=O)(=O)N[C@@H]([C@H](C)c1c(F)ccc(C)c1C)C1=C2CCNC(=O)O1. The molecule has 0 saturated heterocycles. The lowest BCUT2D eigenvalue weighted by Gasteiger charge is -2.28. The first-order valence-corrected chi connectivity index (χ1v) is 12.4. The molecule has 35 heavy (non-hydrogen) atoms. The normalized spacial score (nSPS) is 19.9. The van der Waals surface area contributed by atoms with Crippen molar-refractivity contribution in [3.63, 3.8) is 0 Å². The van der Waals surface area contributed by atoms with Crippen LogP contribution in [0.4, 0.5) is 9.18 Å². The van der Waals surface area contributed by atoms with E-state index in [1.165, 1.54) is 25.3 Å². The predicted molar refractivity (Wildman–Crippen MR) is 126 cm³/mol. The van der Waals surface area contributed by atoms with Crippen molar-refractivity contribution in [2.75, 3.05) is 13.7 Å². The van der Waals surface area contributed by atoms with E-state index in [2.05, 4.69) is 10.0 Å². The third-order valence-electron chi connectivity index (χ3n) is 6.55. The van der Waals surface area contributed by atoms with E-state index in [-0.39, 0.29) is 40.5 Å². The minimum Gasteiger partial charge on any atom is -0.495 e. The van der Waals surface area contributed by atoms with E-state index in [1.807, 2.05) is 6.92 Å². The minimum absolute atomic E-state index is 0.0262. The van der Waals surface area contributed by atoms with Gasteiger partial charge in [0, 0.05) is 29.2 Å². The van der Waals surface area contributed by atoms with Crippen molar-refractivity contribution in [2.24, 2.45) is 5.73 Å². The summed E-state index contributed by atoms with van der Waals surface area (Å²) in [5, 5.41) is 2.59. The van der Waals surface area contributed by atoms with Crippen LogP contribution < -0.4 is 20.5 Å². The van der Waals surface area contributed by atoms with E-state index in [0.29, 0.717) is 16.7 Å². The topological polar surface area (TPSA) is 137 Å². The first-order chi connectivity index (χ1) is 16.5. The van der Waals surface area contributed by atoms with Crippen LogP contribution >= 0.6 is 0 Å². The summed E-state index contributed by atoms with van der Waals surface area (Å²) in [6.45, 7) is 5.40. The Balaban J connectivity index is 2.04. The molecule has 9 nitrogen and oxygen atoms in total. The Morgan fingerprint density at radius 2 is 2.00 bits per heavy atom. The molecule has 2 amide bonds. The number of carbonyl (C=O) groups is 2. The molecule has 0 radical (unpaired) electrons. The van der Waals surface area contributed by atoms with Crippen LogP contribution in [0, 0.1) is 19.7 Å². The van der Waals surface area contributed by atoms with Gasteiger partial charge in [0.1, 0.15) is 22.2 Å². The van der Waals surface area contributed by atoms with Gasteiger partial charge in [-0.3, -0.25) is 4.79 Å². The number of halogens is 1. The smallest absolute Gasteiger partial charge is 0.412 e. The second kappa shape index (κ2) is 8.97. The first-order valence-electron chi connectivity index (χ1n) is 10.9. The summed E-state index contributed by atoms with van der Waals surface area (Å²) in [5.74, 6) is -2.12. The van der Waals surface area contributed by atoms with E-state index in [0.717, 1.165) is 5.56 Å². The molecule has 2 atom stereocenters. The molecule has 4 N–H and O–H groups in total. The standard InChI is InChI=1S/C24H26FN3O6S/c1-11-5-6-17(25)19(12(11)2)13(3)20-21-15(7-8-27-24(30)34-21)16-9-14(23(26)29)10-18(33-4)22(16)35(31,32)28-20/h5-6,9-10,13,20,28H,7-8H2,1-4H3,(H2,26,29)(H,27,30)/t13-,20+/m1/s1. The molecule has 2 aromatic rings. The zero-order chi connectivity index (χ0) is 25.7. The van der Waals surface area contributed by atoms with Crippen LogP contribution in [0.3, 0.4) is 0 Å². The number of alkyl carbamates (subject to hydrolysis) is 1. The highest BCUT2D eigenvalue weighted by Gasteiger charge is 2.41. The van der Waals surface area contributed by atoms with Crippen LogP contribution in [0.1, 0.15) is 51.9 Å². The summed E-state index contributed by atoms with van der Waals surface area (Å²) in [4.78, 5) is 24.2. The molecule has 0 aromatic heterocycles. The summed E-state index contributed by atoms with van der Waals surface area (Å²) < 4.78 is 55.9. The molecule has 0 spiro atoms. The van der Waals surface area contributed by atoms with Gasteiger partial charge in [-0.2, -0.15) is 4.72 Å². The number of hydrogen-bond donors (Lipinski definition) is 3. The lowest BCUT2D eigenvalue weighted by molar-refractivity contribution is 0.0999. The van der Waals surface area contributed by atoms with Crippen molar-refractivity contribution in [1.82, 2.24) is 10.0 Å². The fourth-order valence-electron chi connectivity index (χ4n) is 4.67. The maximum atomic E-state index is 15.0. The van der Waals surface area contributed by atoms with Crippen LogP contribution in [-0.4, -0.2) is 40.1 Å². The van der Waals surface area contributed by atoms with Gasteiger partial charge in [-0.25, -0.2) is 17.6 Å². The summed E-state index contributed by atoms with van der Waals surface area (Å²) in [6.07, 6.45) is -0.580. The highest BCUT2D eigenvalue weighted by molar-refractivity contribution is 7.89. The lowest BCUT2D eigenvalue weighted by atomic mass is 9.85. The molecular weight excluding hydrogens is 477 g/mol. The molecule has 4 rings (SSSR count). The third-order valence-corrected chi connectivity index (χ3v) is 8.07. The fourth-order valence-corrected chi connectivity index (χ4v) is 6.31. The van der Waals surface area contributed by atoms with Gasteiger partial charge in [-0.15, -0.1) is 0 Å². The number of fused-ring (bicyclic) bond motifs is 2. The van der Waals surface area contributed by atoms with Crippen molar-refractivity contribution in [1.29, 1.82) is 0 Å². The number of sulfonamides is 1. The summed E-state index contributed by atoms with van der Waals surface area (Å²) >= 11 is 0.